The molecule has 0 spiro atoms. The first-order chi connectivity index (χ1) is 13.3. The van der Waals surface area contributed by atoms with Crippen LogP contribution in [0.1, 0.15) is 64.2 Å². The fourth-order valence-electron chi connectivity index (χ4n) is 4.29. The predicted octanol–water partition coefficient (Wildman–Crippen LogP) is 6.17. The molecule has 1 aliphatic rings. The summed E-state index contributed by atoms with van der Waals surface area (Å²) in [4.78, 5) is 15.4. The Bertz CT molecular complexity index is 775. The molecule has 0 saturated heterocycles. The van der Waals surface area contributed by atoms with E-state index in [1.807, 2.05) is 12.1 Å². The number of hydrogen-bond donors (Lipinski definition) is 1. The Kier molecular flexibility index (Phi) is 6.12. The largest absolute Gasteiger partial charge is 0.322 e. The number of nitrogens with zero attached hydrogens (tertiary/aromatic N) is 1. The lowest BCUT2D eigenvalue weighted by Gasteiger charge is -2.36. The van der Waals surface area contributed by atoms with Crippen molar-refractivity contribution in [1.29, 1.82) is 0 Å². The first kappa shape index (κ1) is 20.4. The molecule has 3 rings (SSSR count). The Morgan fingerprint density at radius 3 is 2.00 bits per heavy atom. The standard InChI is InChI=1S/C25H34N2O/c1-6-22(7-2)27(23-16-18-10-8-9-11-19(18)17-23)24(28)26-21-14-12-20(13-15-21)25(3,4)5/h8-15,22-23H,6-7,16-17H2,1-5H3,(H,26,28). The van der Waals surface area contributed by atoms with Crippen molar-refractivity contribution in [1.82, 2.24) is 4.90 Å². The van der Waals surface area contributed by atoms with Crippen LogP contribution in [-0.2, 0) is 18.3 Å². The molecular weight excluding hydrogens is 344 g/mol. The SMILES string of the molecule is CCC(CC)N(C(=O)Nc1ccc(C(C)(C)C)cc1)C1Cc2ccccc2C1. The van der Waals surface area contributed by atoms with Crippen LogP contribution < -0.4 is 5.32 Å². The number of nitrogens with one attached hydrogen (secondary N) is 1. The van der Waals surface area contributed by atoms with E-state index < -0.39 is 0 Å². The van der Waals surface area contributed by atoms with Gasteiger partial charge >= 0.3 is 6.03 Å². The van der Waals surface area contributed by atoms with Gasteiger partial charge in [0.2, 0.25) is 0 Å². The van der Waals surface area contributed by atoms with Crippen molar-refractivity contribution in [3.05, 3.63) is 65.2 Å². The topological polar surface area (TPSA) is 32.3 Å². The Balaban J connectivity index is 1.78. The summed E-state index contributed by atoms with van der Waals surface area (Å²) in [6, 6.07) is 17.4. The molecule has 0 aliphatic heterocycles. The molecule has 2 amide bonds. The molecule has 3 heteroatoms. The van der Waals surface area contributed by atoms with Gasteiger partial charge in [-0.3, -0.25) is 0 Å². The summed E-state index contributed by atoms with van der Waals surface area (Å²) in [6.07, 6.45) is 3.84. The van der Waals surface area contributed by atoms with Crippen molar-refractivity contribution in [3.63, 3.8) is 0 Å². The number of carbonyl (C=O) groups excluding carboxylic acids is 1. The van der Waals surface area contributed by atoms with Gasteiger partial charge in [0.15, 0.2) is 0 Å². The van der Waals surface area contributed by atoms with Gasteiger partial charge in [-0.15, -0.1) is 0 Å². The average molecular weight is 379 g/mol. The van der Waals surface area contributed by atoms with Gasteiger partial charge in [-0.05, 0) is 59.9 Å². The molecule has 3 nitrogen and oxygen atoms in total. The van der Waals surface area contributed by atoms with E-state index in [1.54, 1.807) is 0 Å². The number of benzene rings is 2. The van der Waals surface area contributed by atoms with E-state index >= 15 is 0 Å². The lowest BCUT2D eigenvalue weighted by Crippen LogP contribution is -2.49. The monoisotopic (exact) mass is 378 g/mol. The van der Waals surface area contributed by atoms with Crippen molar-refractivity contribution < 1.29 is 4.79 Å². The van der Waals surface area contributed by atoms with Crippen molar-refractivity contribution in [2.24, 2.45) is 0 Å². The molecule has 0 heterocycles. The molecule has 150 valence electrons. The summed E-state index contributed by atoms with van der Waals surface area (Å²) in [5.41, 5.74) is 5.01. The quantitative estimate of drug-likeness (QED) is 0.662. The average Bonchev–Trinajstić information content (AvgIpc) is 3.08. The van der Waals surface area contributed by atoms with Crippen LogP contribution in [0.3, 0.4) is 0 Å². The smallest absolute Gasteiger partial charge is 0.318 e. The highest BCUT2D eigenvalue weighted by molar-refractivity contribution is 5.90. The van der Waals surface area contributed by atoms with Gasteiger partial charge in [-0.1, -0.05) is 71.0 Å². The van der Waals surface area contributed by atoms with Crippen LogP contribution in [0.4, 0.5) is 10.5 Å². The van der Waals surface area contributed by atoms with Gasteiger partial charge in [0, 0.05) is 17.8 Å². The summed E-state index contributed by atoms with van der Waals surface area (Å²) >= 11 is 0. The molecule has 0 fully saturated rings. The molecule has 28 heavy (non-hydrogen) atoms. The molecule has 1 aliphatic carbocycles. The maximum absolute atomic E-state index is 13.3. The highest BCUT2D eigenvalue weighted by Crippen LogP contribution is 2.29. The molecule has 1 N–H and O–H groups in total. The summed E-state index contributed by atoms with van der Waals surface area (Å²) in [5.74, 6) is 0. The molecule has 2 aromatic carbocycles. The normalized spacial score (nSPS) is 14.2. The van der Waals surface area contributed by atoms with Crippen molar-refractivity contribution in [2.45, 2.75) is 77.8 Å². The first-order valence-corrected chi connectivity index (χ1v) is 10.6. The molecule has 2 aromatic rings. The van der Waals surface area contributed by atoms with Crippen LogP contribution in [0.25, 0.3) is 0 Å². The lowest BCUT2D eigenvalue weighted by atomic mass is 9.87. The van der Waals surface area contributed by atoms with E-state index in [0.717, 1.165) is 31.4 Å². The van der Waals surface area contributed by atoms with Crippen LogP contribution in [0.2, 0.25) is 0 Å². The molecular formula is C25H34N2O. The summed E-state index contributed by atoms with van der Waals surface area (Å²) in [6.45, 7) is 11.0. The Hall–Kier alpha value is -2.29. The molecule has 0 aromatic heterocycles. The van der Waals surface area contributed by atoms with Gasteiger partial charge in [-0.2, -0.15) is 0 Å². The highest BCUT2D eigenvalue weighted by atomic mass is 16.2. The molecule has 0 unspecified atom stereocenters. The third kappa shape index (κ3) is 4.40. The third-order valence-corrected chi connectivity index (χ3v) is 6.00. The Morgan fingerprint density at radius 1 is 1.00 bits per heavy atom. The number of fused-ring (bicyclic) bond motifs is 1. The van der Waals surface area contributed by atoms with E-state index in [9.17, 15) is 4.79 Å². The Morgan fingerprint density at radius 2 is 1.54 bits per heavy atom. The first-order valence-electron chi connectivity index (χ1n) is 10.6. The van der Waals surface area contributed by atoms with Gasteiger partial charge < -0.3 is 10.2 Å². The van der Waals surface area contributed by atoms with E-state index in [2.05, 4.69) is 81.2 Å². The minimum atomic E-state index is 0.0232. The zero-order valence-electron chi connectivity index (χ0n) is 18.0. The van der Waals surface area contributed by atoms with Crippen molar-refractivity contribution in [2.75, 3.05) is 5.32 Å². The second-order valence-electron chi connectivity index (χ2n) is 8.97. The summed E-state index contributed by atoms with van der Waals surface area (Å²) in [7, 11) is 0. The summed E-state index contributed by atoms with van der Waals surface area (Å²) in [5, 5.41) is 3.16. The van der Waals surface area contributed by atoms with E-state index in [1.165, 1.54) is 16.7 Å². The van der Waals surface area contributed by atoms with Crippen LogP contribution in [0.15, 0.2) is 48.5 Å². The minimum Gasteiger partial charge on any atom is -0.318 e. The molecule has 0 bridgehead atoms. The number of anilines is 1. The molecule has 0 atom stereocenters. The number of amides is 2. The maximum atomic E-state index is 13.3. The van der Waals surface area contributed by atoms with E-state index in [0.29, 0.717) is 0 Å². The fourth-order valence-corrected chi connectivity index (χ4v) is 4.29. The zero-order valence-corrected chi connectivity index (χ0v) is 18.0. The molecule has 0 radical (unpaired) electrons. The number of carbonyl (C=O) groups is 1. The maximum Gasteiger partial charge on any atom is 0.322 e. The van der Waals surface area contributed by atoms with Crippen LogP contribution >= 0.6 is 0 Å². The van der Waals surface area contributed by atoms with Crippen LogP contribution in [-0.4, -0.2) is 23.0 Å². The number of hydrogen-bond acceptors (Lipinski definition) is 1. The minimum absolute atomic E-state index is 0.0232. The number of urea groups is 1. The van der Waals surface area contributed by atoms with Gasteiger partial charge in [0.25, 0.3) is 0 Å². The molecule has 0 saturated carbocycles. The van der Waals surface area contributed by atoms with Gasteiger partial charge in [0.1, 0.15) is 0 Å². The van der Waals surface area contributed by atoms with Gasteiger partial charge in [-0.25, -0.2) is 4.79 Å². The summed E-state index contributed by atoms with van der Waals surface area (Å²) < 4.78 is 0. The lowest BCUT2D eigenvalue weighted by molar-refractivity contribution is 0.152. The van der Waals surface area contributed by atoms with E-state index in [4.69, 9.17) is 0 Å². The highest BCUT2D eigenvalue weighted by Gasteiger charge is 2.33. The van der Waals surface area contributed by atoms with E-state index in [-0.39, 0.29) is 23.5 Å². The predicted molar refractivity (Wildman–Crippen MR) is 118 cm³/mol. The number of rotatable bonds is 5. The van der Waals surface area contributed by atoms with Crippen LogP contribution in [0, 0.1) is 0 Å². The second kappa shape index (κ2) is 8.38. The van der Waals surface area contributed by atoms with Crippen LogP contribution in [0.5, 0.6) is 0 Å². The fraction of sp³-hybridized carbons (Fsp3) is 0.480. The van der Waals surface area contributed by atoms with Crippen molar-refractivity contribution >= 4 is 11.7 Å². The van der Waals surface area contributed by atoms with Crippen molar-refractivity contribution in [3.8, 4) is 0 Å². The van der Waals surface area contributed by atoms with Gasteiger partial charge in [0.05, 0.1) is 0 Å². The zero-order chi connectivity index (χ0) is 20.3. The second-order valence-corrected chi connectivity index (χ2v) is 8.97. The third-order valence-electron chi connectivity index (χ3n) is 6.00. The Labute approximate surface area is 170 Å².